The molecular formula is C18H18BrN3OS. The molecule has 2 aromatic carbocycles. The van der Waals surface area contributed by atoms with Crippen LogP contribution < -0.4 is 4.74 Å². The molecule has 0 amide bonds. The molecule has 0 spiro atoms. The van der Waals surface area contributed by atoms with Gasteiger partial charge in [0, 0.05) is 15.8 Å². The highest BCUT2D eigenvalue weighted by molar-refractivity contribution is 9.10. The molecule has 1 aromatic heterocycles. The molecule has 0 aliphatic heterocycles. The predicted molar refractivity (Wildman–Crippen MR) is 102 cm³/mol. The first kappa shape index (κ1) is 17.0. The van der Waals surface area contributed by atoms with Gasteiger partial charge in [-0.15, -0.1) is 5.10 Å². The molecule has 0 saturated heterocycles. The molecule has 6 heteroatoms. The van der Waals surface area contributed by atoms with Gasteiger partial charge in [0.15, 0.2) is 5.82 Å². The summed E-state index contributed by atoms with van der Waals surface area (Å²) in [5, 5.41) is 7.99. The first-order chi connectivity index (χ1) is 11.7. The number of ether oxygens (including phenoxy) is 1. The monoisotopic (exact) mass is 403 g/mol. The van der Waals surface area contributed by atoms with E-state index in [1.54, 1.807) is 11.8 Å². The zero-order valence-corrected chi connectivity index (χ0v) is 15.7. The summed E-state index contributed by atoms with van der Waals surface area (Å²) in [4.78, 5) is 4.53. The lowest BCUT2D eigenvalue weighted by atomic mass is 10.1. The van der Waals surface area contributed by atoms with Gasteiger partial charge in [-0.1, -0.05) is 64.9 Å². The second kappa shape index (κ2) is 8.35. The molecule has 0 fully saturated rings. The molecular weight excluding hydrogens is 386 g/mol. The van der Waals surface area contributed by atoms with Gasteiger partial charge in [0.25, 0.3) is 0 Å². The van der Waals surface area contributed by atoms with Gasteiger partial charge in [0.2, 0.25) is 5.16 Å². The molecule has 0 atom stereocenters. The van der Waals surface area contributed by atoms with Crippen LogP contribution in [0.4, 0.5) is 0 Å². The Hall–Kier alpha value is -1.79. The molecule has 0 aliphatic carbocycles. The Morgan fingerprint density at radius 2 is 2.00 bits per heavy atom. The molecule has 24 heavy (non-hydrogen) atoms. The predicted octanol–water partition coefficient (Wildman–Crippen LogP) is 4.97. The molecule has 124 valence electrons. The van der Waals surface area contributed by atoms with Crippen molar-refractivity contribution in [2.75, 3.05) is 12.4 Å². The average molecular weight is 404 g/mol. The minimum Gasteiger partial charge on any atom is -0.493 e. The maximum absolute atomic E-state index is 5.71. The van der Waals surface area contributed by atoms with Crippen molar-refractivity contribution in [2.45, 2.75) is 18.5 Å². The van der Waals surface area contributed by atoms with E-state index in [4.69, 9.17) is 4.74 Å². The standard InChI is InChI=1S/C18H18BrN3OS/c1-2-13-6-8-14(9-7-13)17-20-18(22-21-17)24-11-10-23-16-5-3-4-15(19)12-16/h3-9,12H,2,10-11H2,1H3,(H,20,21,22). The molecule has 4 nitrogen and oxygen atoms in total. The Morgan fingerprint density at radius 3 is 2.75 bits per heavy atom. The number of H-pyrrole nitrogens is 1. The lowest BCUT2D eigenvalue weighted by Gasteiger charge is -2.04. The van der Waals surface area contributed by atoms with E-state index < -0.39 is 0 Å². The van der Waals surface area contributed by atoms with Crippen LogP contribution in [0.25, 0.3) is 11.4 Å². The smallest absolute Gasteiger partial charge is 0.208 e. The summed E-state index contributed by atoms with van der Waals surface area (Å²) < 4.78 is 6.72. The van der Waals surface area contributed by atoms with Crippen LogP contribution in [-0.4, -0.2) is 27.5 Å². The number of aromatic nitrogens is 3. The Kier molecular flexibility index (Phi) is 5.93. The summed E-state index contributed by atoms with van der Waals surface area (Å²) in [5.74, 6) is 2.45. The summed E-state index contributed by atoms with van der Waals surface area (Å²) in [6.45, 7) is 2.75. The van der Waals surface area contributed by atoms with Crippen LogP contribution in [0.3, 0.4) is 0 Å². The molecule has 0 unspecified atom stereocenters. The molecule has 1 N–H and O–H groups in total. The summed E-state index contributed by atoms with van der Waals surface area (Å²) in [6.07, 6.45) is 1.04. The number of aromatic amines is 1. The topological polar surface area (TPSA) is 50.8 Å². The van der Waals surface area contributed by atoms with E-state index in [0.717, 1.165) is 38.9 Å². The third-order valence-corrected chi connectivity index (χ3v) is 4.78. The molecule has 3 aromatic rings. The molecule has 1 heterocycles. The van der Waals surface area contributed by atoms with Crippen molar-refractivity contribution >= 4 is 27.7 Å². The number of halogens is 1. The number of hydrogen-bond donors (Lipinski definition) is 1. The number of hydrogen-bond acceptors (Lipinski definition) is 4. The van der Waals surface area contributed by atoms with Crippen molar-refractivity contribution in [2.24, 2.45) is 0 Å². The first-order valence-corrected chi connectivity index (χ1v) is 9.55. The van der Waals surface area contributed by atoms with Gasteiger partial charge >= 0.3 is 0 Å². The fourth-order valence-corrected chi connectivity index (χ4v) is 3.18. The maximum atomic E-state index is 5.71. The van der Waals surface area contributed by atoms with E-state index in [0.29, 0.717) is 6.61 Å². The highest BCUT2D eigenvalue weighted by atomic mass is 79.9. The summed E-state index contributed by atoms with van der Waals surface area (Å²) in [6, 6.07) is 16.2. The van der Waals surface area contributed by atoms with Crippen LogP contribution in [0.1, 0.15) is 12.5 Å². The van der Waals surface area contributed by atoms with Crippen LogP contribution in [0.2, 0.25) is 0 Å². The largest absolute Gasteiger partial charge is 0.493 e. The van der Waals surface area contributed by atoms with E-state index in [1.165, 1.54) is 5.56 Å². The molecule has 0 aliphatic rings. The van der Waals surface area contributed by atoms with Crippen molar-refractivity contribution < 1.29 is 4.74 Å². The van der Waals surface area contributed by atoms with E-state index >= 15 is 0 Å². The van der Waals surface area contributed by atoms with Gasteiger partial charge in [-0.2, -0.15) is 0 Å². The molecule has 0 radical (unpaired) electrons. The van der Waals surface area contributed by atoms with Crippen molar-refractivity contribution in [3.8, 4) is 17.1 Å². The number of benzene rings is 2. The Balaban J connectivity index is 1.50. The van der Waals surface area contributed by atoms with Gasteiger partial charge in [-0.25, -0.2) is 4.98 Å². The fraction of sp³-hybridized carbons (Fsp3) is 0.222. The summed E-state index contributed by atoms with van der Waals surface area (Å²) in [5.41, 5.74) is 2.37. The lowest BCUT2D eigenvalue weighted by molar-refractivity contribution is 0.343. The fourth-order valence-electron chi connectivity index (χ4n) is 2.19. The van der Waals surface area contributed by atoms with Gasteiger partial charge in [0.05, 0.1) is 6.61 Å². The molecule has 0 bridgehead atoms. The zero-order chi connectivity index (χ0) is 16.8. The second-order valence-corrected chi connectivity index (χ2v) is 7.15. The third-order valence-electron chi connectivity index (χ3n) is 3.48. The van der Waals surface area contributed by atoms with Crippen LogP contribution in [0.5, 0.6) is 5.75 Å². The second-order valence-electron chi connectivity index (χ2n) is 5.17. The quantitative estimate of drug-likeness (QED) is 0.446. The van der Waals surface area contributed by atoms with E-state index in [2.05, 4.69) is 62.3 Å². The van der Waals surface area contributed by atoms with Crippen molar-refractivity contribution in [3.63, 3.8) is 0 Å². The SMILES string of the molecule is CCc1ccc(-c2nc(SCCOc3cccc(Br)c3)n[nH]2)cc1. The van der Waals surface area contributed by atoms with Crippen molar-refractivity contribution in [3.05, 3.63) is 58.6 Å². The number of rotatable bonds is 7. The van der Waals surface area contributed by atoms with Crippen LogP contribution in [0.15, 0.2) is 58.2 Å². The highest BCUT2D eigenvalue weighted by Crippen LogP contribution is 2.21. The minimum atomic E-state index is 0.607. The maximum Gasteiger partial charge on any atom is 0.208 e. The van der Waals surface area contributed by atoms with Crippen LogP contribution in [-0.2, 0) is 6.42 Å². The van der Waals surface area contributed by atoms with Crippen LogP contribution >= 0.6 is 27.7 Å². The Bertz CT molecular complexity index is 789. The van der Waals surface area contributed by atoms with E-state index in [-0.39, 0.29) is 0 Å². The first-order valence-electron chi connectivity index (χ1n) is 7.77. The van der Waals surface area contributed by atoms with Gasteiger partial charge < -0.3 is 4.74 Å². The normalized spacial score (nSPS) is 10.8. The third kappa shape index (κ3) is 4.61. The summed E-state index contributed by atoms with van der Waals surface area (Å²) in [7, 11) is 0. The Labute approximate surface area is 154 Å². The highest BCUT2D eigenvalue weighted by Gasteiger charge is 2.06. The van der Waals surface area contributed by atoms with Gasteiger partial charge in [-0.3, -0.25) is 5.10 Å². The number of nitrogens with zero attached hydrogens (tertiary/aromatic N) is 2. The summed E-state index contributed by atoms with van der Waals surface area (Å²) >= 11 is 5.01. The van der Waals surface area contributed by atoms with E-state index in [9.17, 15) is 0 Å². The zero-order valence-electron chi connectivity index (χ0n) is 13.3. The van der Waals surface area contributed by atoms with Crippen molar-refractivity contribution in [1.82, 2.24) is 15.2 Å². The Morgan fingerprint density at radius 1 is 1.17 bits per heavy atom. The number of aryl methyl sites for hydroxylation is 1. The average Bonchev–Trinajstić information content (AvgIpc) is 3.08. The number of thioether (sulfide) groups is 1. The lowest BCUT2D eigenvalue weighted by Crippen LogP contribution is -2.00. The van der Waals surface area contributed by atoms with Crippen LogP contribution in [0, 0.1) is 0 Å². The number of nitrogens with one attached hydrogen (secondary N) is 1. The van der Waals surface area contributed by atoms with Gasteiger partial charge in [0.1, 0.15) is 5.75 Å². The van der Waals surface area contributed by atoms with Gasteiger partial charge in [-0.05, 0) is 30.2 Å². The minimum absolute atomic E-state index is 0.607. The molecule has 0 saturated carbocycles. The van der Waals surface area contributed by atoms with E-state index in [1.807, 2.05) is 24.3 Å². The van der Waals surface area contributed by atoms with Crippen molar-refractivity contribution in [1.29, 1.82) is 0 Å². The molecule has 3 rings (SSSR count).